The second-order valence-electron chi connectivity index (χ2n) is 5.88. The molecular weight excluding hydrogens is 308 g/mol. The van der Waals surface area contributed by atoms with Crippen molar-refractivity contribution in [2.24, 2.45) is 0 Å². The van der Waals surface area contributed by atoms with E-state index in [1.165, 1.54) is 0 Å². The predicted octanol–water partition coefficient (Wildman–Crippen LogP) is 2.30. The number of amides is 1. The third-order valence-corrected chi connectivity index (χ3v) is 4.23. The molecule has 0 saturated carbocycles. The molecule has 0 fully saturated rings. The van der Waals surface area contributed by atoms with E-state index in [4.69, 9.17) is 4.74 Å². The molecule has 1 aliphatic carbocycles. The van der Waals surface area contributed by atoms with Crippen molar-refractivity contribution in [3.63, 3.8) is 0 Å². The molecule has 126 valence electrons. The van der Waals surface area contributed by atoms with Crippen molar-refractivity contribution in [2.45, 2.75) is 39.0 Å². The zero-order valence-corrected chi connectivity index (χ0v) is 13.6. The number of carbonyl (C=O) groups is 2. The monoisotopic (exact) mass is 328 g/mol. The zero-order valence-electron chi connectivity index (χ0n) is 13.6. The van der Waals surface area contributed by atoms with Crippen LogP contribution in [0.3, 0.4) is 0 Å². The molecule has 2 aromatic rings. The van der Waals surface area contributed by atoms with Crippen LogP contribution in [0.2, 0.25) is 0 Å². The third-order valence-electron chi connectivity index (χ3n) is 4.23. The SMILES string of the molecule is CCOC(=O)CCC(=O)Nc1ccc2c3c(c(=O)[nH]c2c1)CCC3. The van der Waals surface area contributed by atoms with E-state index in [0.717, 1.165) is 41.3 Å². The van der Waals surface area contributed by atoms with Crippen LogP contribution in [-0.2, 0) is 27.2 Å². The lowest BCUT2D eigenvalue weighted by Gasteiger charge is -2.09. The fourth-order valence-corrected chi connectivity index (χ4v) is 3.15. The smallest absolute Gasteiger partial charge is 0.306 e. The Morgan fingerprint density at radius 2 is 2.00 bits per heavy atom. The number of fused-ring (bicyclic) bond motifs is 3. The summed E-state index contributed by atoms with van der Waals surface area (Å²) in [4.78, 5) is 38.2. The molecule has 0 spiro atoms. The minimum atomic E-state index is -0.383. The number of aromatic nitrogens is 1. The van der Waals surface area contributed by atoms with Crippen molar-refractivity contribution < 1.29 is 14.3 Å². The molecule has 6 heteroatoms. The molecule has 1 heterocycles. The first-order valence-corrected chi connectivity index (χ1v) is 8.21. The van der Waals surface area contributed by atoms with Gasteiger partial charge >= 0.3 is 5.97 Å². The van der Waals surface area contributed by atoms with Crippen molar-refractivity contribution in [3.8, 4) is 0 Å². The van der Waals surface area contributed by atoms with E-state index in [-0.39, 0.29) is 30.3 Å². The van der Waals surface area contributed by atoms with Crippen LogP contribution in [-0.4, -0.2) is 23.5 Å². The second kappa shape index (κ2) is 6.86. The molecule has 0 radical (unpaired) electrons. The molecule has 24 heavy (non-hydrogen) atoms. The van der Waals surface area contributed by atoms with Crippen LogP contribution >= 0.6 is 0 Å². The van der Waals surface area contributed by atoms with Crippen molar-refractivity contribution in [3.05, 3.63) is 39.7 Å². The highest BCUT2D eigenvalue weighted by atomic mass is 16.5. The number of H-pyrrole nitrogens is 1. The Labute approximate surface area is 139 Å². The van der Waals surface area contributed by atoms with E-state index in [1.807, 2.05) is 12.1 Å². The van der Waals surface area contributed by atoms with Crippen molar-refractivity contribution >= 4 is 28.5 Å². The summed E-state index contributed by atoms with van der Waals surface area (Å²) in [5.41, 5.74) is 3.29. The van der Waals surface area contributed by atoms with E-state index in [1.54, 1.807) is 13.0 Å². The number of aromatic amines is 1. The number of ether oxygens (including phenoxy) is 1. The van der Waals surface area contributed by atoms with Gasteiger partial charge in [0.1, 0.15) is 0 Å². The lowest BCUT2D eigenvalue weighted by atomic mass is 10.1. The topological polar surface area (TPSA) is 88.3 Å². The molecule has 0 aliphatic heterocycles. The Morgan fingerprint density at radius 3 is 2.79 bits per heavy atom. The van der Waals surface area contributed by atoms with Gasteiger partial charge in [-0.1, -0.05) is 6.07 Å². The van der Waals surface area contributed by atoms with Crippen LogP contribution in [0.1, 0.15) is 37.3 Å². The molecule has 0 saturated heterocycles. The molecule has 6 nitrogen and oxygen atoms in total. The van der Waals surface area contributed by atoms with Crippen molar-refractivity contribution in [2.75, 3.05) is 11.9 Å². The molecule has 1 aromatic carbocycles. The average molecular weight is 328 g/mol. The first kappa shape index (κ1) is 16.2. The molecule has 1 amide bonds. The number of pyridine rings is 1. The number of hydrogen-bond donors (Lipinski definition) is 2. The van der Waals surface area contributed by atoms with Gasteiger partial charge in [0, 0.05) is 23.1 Å². The Balaban J connectivity index is 1.74. The number of anilines is 1. The first-order chi connectivity index (χ1) is 11.6. The Morgan fingerprint density at radius 1 is 1.21 bits per heavy atom. The molecule has 0 unspecified atom stereocenters. The number of benzene rings is 1. The molecule has 3 rings (SSSR count). The van der Waals surface area contributed by atoms with E-state index >= 15 is 0 Å². The number of rotatable bonds is 5. The highest BCUT2D eigenvalue weighted by Crippen LogP contribution is 2.27. The van der Waals surface area contributed by atoms with E-state index in [2.05, 4.69) is 10.3 Å². The van der Waals surface area contributed by atoms with E-state index in [9.17, 15) is 14.4 Å². The van der Waals surface area contributed by atoms with Gasteiger partial charge < -0.3 is 15.0 Å². The first-order valence-electron chi connectivity index (χ1n) is 8.21. The van der Waals surface area contributed by atoms with E-state index in [0.29, 0.717) is 12.3 Å². The second-order valence-corrected chi connectivity index (χ2v) is 5.88. The number of aryl methyl sites for hydroxylation is 1. The highest BCUT2D eigenvalue weighted by molar-refractivity contribution is 5.95. The molecule has 1 aliphatic rings. The summed E-state index contributed by atoms with van der Waals surface area (Å²) >= 11 is 0. The molecule has 0 bridgehead atoms. The summed E-state index contributed by atoms with van der Waals surface area (Å²) in [6.45, 7) is 2.04. The van der Waals surface area contributed by atoms with Gasteiger partial charge in [-0.15, -0.1) is 0 Å². The van der Waals surface area contributed by atoms with Gasteiger partial charge in [-0.25, -0.2) is 0 Å². The van der Waals surface area contributed by atoms with Gasteiger partial charge in [-0.3, -0.25) is 14.4 Å². The van der Waals surface area contributed by atoms with Crippen LogP contribution in [0.15, 0.2) is 23.0 Å². The maximum atomic E-state index is 12.1. The summed E-state index contributed by atoms with van der Waals surface area (Å²) in [7, 11) is 0. The Kier molecular flexibility index (Phi) is 4.64. The largest absolute Gasteiger partial charge is 0.466 e. The molecule has 1 aromatic heterocycles. The quantitative estimate of drug-likeness (QED) is 0.824. The van der Waals surface area contributed by atoms with Gasteiger partial charge in [-0.2, -0.15) is 0 Å². The van der Waals surface area contributed by atoms with Crippen LogP contribution in [0.4, 0.5) is 5.69 Å². The van der Waals surface area contributed by atoms with Crippen LogP contribution in [0.25, 0.3) is 10.9 Å². The number of hydrogen-bond acceptors (Lipinski definition) is 4. The highest BCUT2D eigenvalue weighted by Gasteiger charge is 2.18. The van der Waals surface area contributed by atoms with Gasteiger partial charge in [0.25, 0.3) is 5.56 Å². The lowest BCUT2D eigenvalue weighted by Crippen LogP contribution is -2.15. The Hall–Kier alpha value is -2.63. The minimum absolute atomic E-state index is 0.0409. The summed E-state index contributed by atoms with van der Waals surface area (Å²) < 4.78 is 4.80. The number of carbonyl (C=O) groups excluding carboxylic acids is 2. The van der Waals surface area contributed by atoms with E-state index < -0.39 is 0 Å². The maximum Gasteiger partial charge on any atom is 0.306 e. The van der Waals surface area contributed by atoms with Gasteiger partial charge in [0.15, 0.2) is 0 Å². The van der Waals surface area contributed by atoms with Crippen molar-refractivity contribution in [1.82, 2.24) is 4.98 Å². The summed E-state index contributed by atoms with van der Waals surface area (Å²) in [6.07, 6.45) is 2.87. The maximum absolute atomic E-state index is 12.1. The third kappa shape index (κ3) is 3.32. The van der Waals surface area contributed by atoms with Crippen LogP contribution in [0.5, 0.6) is 0 Å². The molecule has 2 N–H and O–H groups in total. The van der Waals surface area contributed by atoms with Gasteiger partial charge in [0.05, 0.1) is 18.5 Å². The Bertz CT molecular complexity index is 854. The average Bonchev–Trinajstić information content (AvgIpc) is 3.04. The fourth-order valence-electron chi connectivity index (χ4n) is 3.15. The van der Waals surface area contributed by atoms with Gasteiger partial charge in [0.2, 0.25) is 5.91 Å². The lowest BCUT2D eigenvalue weighted by molar-refractivity contribution is -0.144. The van der Waals surface area contributed by atoms with Crippen molar-refractivity contribution in [1.29, 1.82) is 0 Å². The zero-order chi connectivity index (χ0) is 17.1. The standard InChI is InChI=1S/C18H20N2O4/c1-2-24-17(22)9-8-16(21)19-11-6-7-13-12-4-3-5-14(12)18(23)20-15(13)10-11/h6-7,10H,2-5,8-9H2,1H3,(H,19,21)(H,20,23). The van der Waals surface area contributed by atoms with Crippen LogP contribution in [0, 0.1) is 0 Å². The predicted molar refractivity (Wildman–Crippen MR) is 91.1 cm³/mol. The normalized spacial score (nSPS) is 12.9. The fraction of sp³-hybridized carbons (Fsp3) is 0.389. The minimum Gasteiger partial charge on any atom is -0.466 e. The molecule has 0 atom stereocenters. The summed E-state index contributed by atoms with van der Waals surface area (Å²) in [5.74, 6) is -0.642. The van der Waals surface area contributed by atoms with Gasteiger partial charge in [-0.05, 0) is 43.9 Å². The summed E-state index contributed by atoms with van der Waals surface area (Å²) in [5, 5.41) is 3.78. The number of esters is 1. The number of nitrogens with one attached hydrogen (secondary N) is 2. The molecular formula is C18H20N2O4. The summed E-state index contributed by atoms with van der Waals surface area (Å²) in [6, 6.07) is 5.51. The van der Waals surface area contributed by atoms with Crippen LogP contribution < -0.4 is 10.9 Å².